The second-order valence-corrected chi connectivity index (χ2v) is 14.7. The van der Waals surface area contributed by atoms with Crippen LogP contribution in [0.25, 0.3) is 0 Å². The van der Waals surface area contributed by atoms with Crippen molar-refractivity contribution < 1.29 is 22.3 Å². The molecule has 0 bridgehead atoms. The monoisotopic (exact) mass is 496 g/mol. The first-order valence-corrected chi connectivity index (χ1v) is 14.2. The van der Waals surface area contributed by atoms with Crippen molar-refractivity contribution in [3.05, 3.63) is 47.1 Å². The van der Waals surface area contributed by atoms with Crippen LogP contribution >= 0.6 is 0 Å². The fourth-order valence-electron chi connectivity index (χ4n) is 6.13. The van der Waals surface area contributed by atoms with Crippen molar-refractivity contribution >= 4 is 9.84 Å². The maximum Gasteiger partial charge on any atom is 0.346 e. The average Bonchev–Trinajstić information content (AvgIpc) is 3.09. The third kappa shape index (κ3) is 5.13. The molecule has 0 saturated heterocycles. The van der Waals surface area contributed by atoms with Gasteiger partial charge < -0.3 is 5.11 Å². The highest BCUT2D eigenvalue weighted by atomic mass is 32.2. The molecular weight excluding hydrogens is 454 g/mol. The molecule has 0 aliphatic heterocycles. The lowest BCUT2D eigenvalue weighted by Crippen LogP contribution is -2.42. The van der Waals surface area contributed by atoms with E-state index in [1.807, 2.05) is 6.92 Å². The number of fused-ring (bicyclic) bond motifs is 1. The molecule has 0 heterocycles. The molecular formula is C28H42F2O3S. The first-order chi connectivity index (χ1) is 15.6. The van der Waals surface area contributed by atoms with Gasteiger partial charge in [-0.2, -0.15) is 8.78 Å². The highest BCUT2D eigenvalue weighted by Gasteiger charge is 2.52. The topological polar surface area (TPSA) is 54.4 Å². The van der Waals surface area contributed by atoms with Gasteiger partial charge in [0.05, 0.1) is 10.9 Å². The third-order valence-corrected chi connectivity index (χ3v) is 11.0. The minimum Gasteiger partial charge on any atom is -0.393 e. The number of sulfone groups is 1. The molecule has 3 aliphatic rings. The van der Waals surface area contributed by atoms with Crippen molar-refractivity contribution in [2.24, 2.45) is 17.3 Å². The Bertz CT molecular complexity index is 997. The maximum absolute atomic E-state index is 14.7. The predicted molar refractivity (Wildman–Crippen MR) is 135 cm³/mol. The van der Waals surface area contributed by atoms with Gasteiger partial charge >= 0.3 is 5.25 Å². The van der Waals surface area contributed by atoms with Crippen LogP contribution in [0.1, 0.15) is 92.4 Å². The highest BCUT2D eigenvalue weighted by molar-refractivity contribution is 7.93. The van der Waals surface area contributed by atoms with Crippen molar-refractivity contribution in [1.29, 1.82) is 0 Å². The number of rotatable bonds is 6. The largest absolute Gasteiger partial charge is 0.393 e. The molecule has 0 aromatic carbocycles. The predicted octanol–water partition coefficient (Wildman–Crippen LogP) is 7.30. The minimum atomic E-state index is -4.56. The average molecular weight is 497 g/mol. The fraction of sp³-hybridized carbons (Fsp3) is 0.714. The van der Waals surface area contributed by atoms with Gasteiger partial charge in [0.2, 0.25) is 9.84 Å². The van der Waals surface area contributed by atoms with E-state index in [9.17, 15) is 22.3 Å². The van der Waals surface area contributed by atoms with Crippen LogP contribution in [0.4, 0.5) is 8.78 Å². The number of alkyl halides is 2. The SMILES string of the molecule is C=C1CCC(O)C/C1=C/C=C1\CCCC2(C)C(C(C)CCC(F)(F)S(=O)(=O)C(C)(C)C)=CCC12. The van der Waals surface area contributed by atoms with E-state index in [1.165, 1.54) is 31.9 Å². The summed E-state index contributed by atoms with van der Waals surface area (Å²) in [7, 11) is -4.56. The molecule has 0 aromatic rings. The van der Waals surface area contributed by atoms with Gasteiger partial charge in [0, 0.05) is 6.42 Å². The van der Waals surface area contributed by atoms with Crippen molar-refractivity contribution in [1.82, 2.24) is 0 Å². The highest BCUT2D eigenvalue weighted by Crippen LogP contribution is 2.57. The molecule has 4 unspecified atom stereocenters. The molecule has 0 amide bonds. The Morgan fingerprint density at radius 3 is 2.59 bits per heavy atom. The summed E-state index contributed by atoms with van der Waals surface area (Å²) in [4.78, 5) is 0. The third-order valence-electron chi connectivity index (χ3n) is 8.40. The van der Waals surface area contributed by atoms with E-state index in [4.69, 9.17) is 0 Å². The molecule has 6 heteroatoms. The van der Waals surface area contributed by atoms with E-state index in [1.54, 1.807) is 0 Å². The molecule has 0 radical (unpaired) electrons. The Morgan fingerprint density at radius 1 is 1.26 bits per heavy atom. The van der Waals surface area contributed by atoms with Gasteiger partial charge in [-0.05, 0) is 95.0 Å². The summed E-state index contributed by atoms with van der Waals surface area (Å²) in [5.74, 6) is 0.248. The Morgan fingerprint density at radius 2 is 1.94 bits per heavy atom. The first-order valence-electron chi connectivity index (χ1n) is 12.7. The van der Waals surface area contributed by atoms with E-state index < -0.39 is 26.3 Å². The Balaban J connectivity index is 1.73. The molecule has 0 aromatic heterocycles. The number of aliphatic hydroxyl groups excluding tert-OH is 1. The Labute approximate surface area is 205 Å². The van der Waals surface area contributed by atoms with Crippen molar-refractivity contribution in [2.45, 2.75) is 109 Å². The summed E-state index contributed by atoms with van der Waals surface area (Å²) in [6, 6.07) is 0. The van der Waals surface area contributed by atoms with Gasteiger partial charge in [-0.1, -0.05) is 55.4 Å². The Hall–Kier alpha value is -1.27. The van der Waals surface area contributed by atoms with Crippen LogP contribution in [0.2, 0.25) is 0 Å². The summed E-state index contributed by atoms with van der Waals surface area (Å²) in [5, 5.41) is 6.30. The van der Waals surface area contributed by atoms with Gasteiger partial charge in [0.25, 0.3) is 0 Å². The van der Waals surface area contributed by atoms with Crippen LogP contribution in [0.5, 0.6) is 0 Å². The normalized spacial score (nSPS) is 32.1. The second-order valence-electron chi connectivity index (χ2n) is 11.8. The summed E-state index contributed by atoms with van der Waals surface area (Å²) in [5.41, 5.74) is 4.74. The molecule has 34 heavy (non-hydrogen) atoms. The van der Waals surface area contributed by atoms with Gasteiger partial charge in [-0.25, -0.2) is 8.42 Å². The summed E-state index contributed by atoms with van der Waals surface area (Å²) in [6.45, 7) is 12.4. The molecule has 3 aliphatic carbocycles. The fourth-order valence-corrected chi connectivity index (χ4v) is 7.42. The van der Waals surface area contributed by atoms with Gasteiger partial charge in [-0.3, -0.25) is 0 Å². The molecule has 192 valence electrons. The minimum absolute atomic E-state index is 0.0801. The molecule has 3 nitrogen and oxygen atoms in total. The van der Waals surface area contributed by atoms with Crippen LogP contribution in [0.3, 0.4) is 0 Å². The summed E-state index contributed by atoms with van der Waals surface area (Å²) in [6.07, 6.45) is 12.0. The zero-order chi connectivity index (χ0) is 25.5. The van der Waals surface area contributed by atoms with Crippen LogP contribution in [-0.4, -0.2) is 29.6 Å². The maximum atomic E-state index is 14.7. The van der Waals surface area contributed by atoms with E-state index in [0.29, 0.717) is 12.3 Å². The lowest BCUT2D eigenvalue weighted by Gasteiger charge is -2.42. The molecule has 0 spiro atoms. The quantitative estimate of drug-likeness (QED) is 0.393. The lowest BCUT2D eigenvalue weighted by atomic mass is 9.62. The van der Waals surface area contributed by atoms with Crippen LogP contribution in [0.15, 0.2) is 47.1 Å². The van der Waals surface area contributed by atoms with E-state index >= 15 is 0 Å². The lowest BCUT2D eigenvalue weighted by molar-refractivity contribution is 0.0723. The van der Waals surface area contributed by atoms with Gasteiger partial charge in [0.1, 0.15) is 0 Å². The van der Waals surface area contributed by atoms with Crippen LogP contribution in [0, 0.1) is 17.3 Å². The van der Waals surface area contributed by atoms with Crippen molar-refractivity contribution in [3.63, 3.8) is 0 Å². The number of aliphatic hydroxyl groups is 1. The number of allylic oxidation sites excluding steroid dienone is 6. The molecule has 3 rings (SSSR count). The molecule has 1 N–H and O–H groups in total. The number of hydrogen-bond acceptors (Lipinski definition) is 3. The van der Waals surface area contributed by atoms with Crippen molar-refractivity contribution in [2.75, 3.05) is 0 Å². The molecule has 4 atom stereocenters. The number of halogens is 2. The van der Waals surface area contributed by atoms with E-state index in [2.05, 4.69) is 31.7 Å². The number of hydrogen-bond donors (Lipinski definition) is 1. The zero-order valence-corrected chi connectivity index (χ0v) is 22.3. The van der Waals surface area contributed by atoms with E-state index in [-0.39, 0.29) is 23.9 Å². The second kappa shape index (κ2) is 9.65. The van der Waals surface area contributed by atoms with Crippen molar-refractivity contribution in [3.8, 4) is 0 Å². The molecule has 2 fully saturated rings. The van der Waals surface area contributed by atoms with Gasteiger partial charge in [-0.15, -0.1) is 0 Å². The Kier molecular flexibility index (Phi) is 7.75. The van der Waals surface area contributed by atoms with Crippen LogP contribution in [-0.2, 0) is 9.84 Å². The van der Waals surface area contributed by atoms with Crippen LogP contribution < -0.4 is 0 Å². The summed E-state index contributed by atoms with van der Waals surface area (Å²) < 4.78 is 52.7. The van der Waals surface area contributed by atoms with Gasteiger partial charge in [0.15, 0.2) is 0 Å². The zero-order valence-electron chi connectivity index (χ0n) is 21.5. The van der Waals surface area contributed by atoms with E-state index in [0.717, 1.165) is 49.7 Å². The smallest absolute Gasteiger partial charge is 0.346 e. The standard InChI is InChI=1S/C28H42F2O3S/c1-19-9-12-23(31)18-22(19)11-10-21-8-7-16-27(6)24(13-14-25(21)27)20(2)15-17-28(29,30)34(32,33)26(3,4)5/h10-11,13,20,23,25,31H,1,7-9,12,14-18H2,2-6H3/b21-10+,22-11-. The molecule has 2 saturated carbocycles. The summed E-state index contributed by atoms with van der Waals surface area (Å²) >= 11 is 0. The first kappa shape index (κ1) is 27.3.